The van der Waals surface area contributed by atoms with Crippen molar-refractivity contribution in [2.45, 2.75) is 48.7 Å². The highest BCUT2D eigenvalue weighted by Crippen LogP contribution is 2.46. The molecule has 0 spiro atoms. The number of aliphatic hydroxyl groups is 2. The smallest absolute Gasteiger partial charge is 0.471 e. The molecule has 1 saturated heterocycles. The van der Waals surface area contributed by atoms with E-state index in [4.69, 9.17) is 18.9 Å². The molecule has 12 nitrogen and oxygen atoms in total. The lowest BCUT2D eigenvalue weighted by Gasteiger charge is -2.40. The van der Waals surface area contributed by atoms with Crippen molar-refractivity contribution in [1.29, 1.82) is 0 Å². The standard InChI is InChI=1S/C35H36F3N3O9/c1-47-25-13-9-23(10-14-25)34(22-7-4-3-5-8-22,24-11-15-26(48-2)16-12-24)49-21-33(18-6-19-39-31(45)35(36,37)38)29(44)28(43)30(50-33)41-20-17-27(42)40-32(41)46/h3-5,7-17,20,28-30,43-44H,6,18-19,21H2,1-2H3,(H,39,45)(H,40,42,46)/t28-,29+,30-,33-/m1/s1. The van der Waals surface area contributed by atoms with Gasteiger partial charge in [-0.25, -0.2) is 4.79 Å². The predicted octanol–water partition coefficient (Wildman–Crippen LogP) is 3.01. The fourth-order valence-corrected chi connectivity index (χ4v) is 6.09. The number of halogens is 3. The van der Waals surface area contributed by atoms with Crippen LogP contribution in [-0.4, -0.2) is 77.0 Å². The van der Waals surface area contributed by atoms with E-state index < -0.39 is 66.1 Å². The van der Waals surface area contributed by atoms with Gasteiger partial charge >= 0.3 is 17.8 Å². The van der Waals surface area contributed by atoms with Crippen molar-refractivity contribution in [2.24, 2.45) is 0 Å². The molecule has 4 aromatic rings. The molecule has 0 saturated carbocycles. The number of carbonyl (C=O) groups is 1. The summed E-state index contributed by atoms with van der Waals surface area (Å²) < 4.78 is 63.5. The van der Waals surface area contributed by atoms with Gasteiger partial charge in [0, 0.05) is 18.8 Å². The van der Waals surface area contributed by atoms with E-state index in [1.165, 1.54) is 14.2 Å². The molecule has 2 heterocycles. The molecule has 1 amide bonds. The monoisotopic (exact) mass is 699 g/mol. The Kier molecular flexibility index (Phi) is 10.8. The van der Waals surface area contributed by atoms with Crippen molar-refractivity contribution >= 4 is 5.91 Å². The molecular formula is C35H36F3N3O9. The summed E-state index contributed by atoms with van der Waals surface area (Å²) in [5.74, 6) is -1.01. The Hall–Kier alpha value is -4.96. The molecule has 266 valence electrons. The maximum Gasteiger partial charge on any atom is 0.471 e. The third-order valence-electron chi connectivity index (χ3n) is 8.66. The first-order chi connectivity index (χ1) is 23.8. The molecule has 3 aromatic carbocycles. The van der Waals surface area contributed by atoms with Crippen molar-refractivity contribution in [3.05, 3.63) is 129 Å². The number of nitrogens with one attached hydrogen (secondary N) is 2. The van der Waals surface area contributed by atoms with Crippen LogP contribution in [0.3, 0.4) is 0 Å². The summed E-state index contributed by atoms with van der Waals surface area (Å²) in [6.07, 6.45) is -9.46. The summed E-state index contributed by atoms with van der Waals surface area (Å²) in [4.78, 5) is 38.1. The first-order valence-corrected chi connectivity index (χ1v) is 15.5. The van der Waals surface area contributed by atoms with Gasteiger partial charge < -0.3 is 34.5 Å². The predicted molar refractivity (Wildman–Crippen MR) is 173 cm³/mol. The lowest BCUT2D eigenvalue weighted by Crippen LogP contribution is -2.50. The first kappa shape index (κ1) is 36.3. The highest BCUT2D eigenvalue weighted by molar-refractivity contribution is 5.81. The highest BCUT2D eigenvalue weighted by atomic mass is 19.4. The molecule has 5 rings (SSSR count). The first-order valence-electron chi connectivity index (χ1n) is 15.5. The Labute approximate surface area is 284 Å². The summed E-state index contributed by atoms with van der Waals surface area (Å²) >= 11 is 0. The number of rotatable bonds is 13. The van der Waals surface area contributed by atoms with E-state index in [0.717, 1.165) is 16.8 Å². The molecule has 50 heavy (non-hydrogen) atoms. The SMILES string of the molecule is COc1ccc(C(OC[C@@]2(CCCNC(=O)C(F)(F)F)O[C@@H](n3ccc(=O)[nH]c3=O)[C@H](O)[C@@H]2O)(c2ccccc2)c2ccc(OC)cc2)cc1. The van der Waals surface area contributed by atoms with E-state index in [1.54, 1.807) is 53.8 Å². The quantitative estimate of drug-likeness (QED) is 0.122. The Balaban J connectivity index is 1.61. The third kappa shape index (κ3) is 7.31. The molecule has 15 heteroatoms. The van der Waals surface area contributed by atoms with Crippen molar-refractivity contribution in [1.82, 2.24) is 14.9 Å². The summed E-state index contributed by atoms with van der Waals surface area (Å²) in [5.41, 5.74) is -3.06. The minimum atomic E-state index is -5.11. The van der Waals surface area contributed by atoms with Gasteiger partial charge in [0.15, 0.2) is 6.23 Å². The van der Waals surface area contributed by atoms with Crippen LogP contribution < -0.4 is 26.0 Å². The number of hydrogen-bond acceptors (Lipinski definition) is 9. The number of ether oxygens (including phenoxy) is 4. The second-order valence-corrected chi connectivity index (χ2v) is 11.7. The third-order valence-corrected chi connectivity index (χ3v) is 8.66. The van der Waals surface area contributed by atoms with Gasteiger partial charge in [-0.2, -0.15) is 13.2 Å². The Morgan fingerprint density at radius 2 is 1.46 bits per heavy atom. The van der Waals surface area contributed by atoms with Crippen LogP contribution in [0.5, 0.6) is 11.5 Å². The number of amides is 1. The summed E-state index contributed by atoms with van der Waals surface area (Å²) in [6.45, 7) is -0.948. The van der Waals surface area contributed by atoms with Crippen LogP contribution in [-0.2, 0) is 19.9 Å². The van der Waals surface area contributed by atoms with Gasteiger partial charge in [-0.3, -0.25) is 19.1 Å². The number of H-pyrrole nitrogens is 1. The Morgan fingerprint density at radius 3 is 1.98 bits per heavy atom. The zero-order valence-corrected chi connectivity index (χ0v) is 27.1. The molecule has 1 aromatic heterocycles. The molecule has 1 aliphatic rings. The number of aliphatic hydroxyl groups excluding tert-OH is 2. The topological polar surface area (TPSA) is 161 Å². The second-order valence-electron chi connectivity index (χ2n) is 11.7. The average Bonchev–Trinajstić information content (AvgIpc) is 3.36. The summed E-state index contributed by atoms with van der Waals surface area (Å²) in [5, 5.41) is 24.7. The molecule has 4 N–H and O–H groups in total. The van der Waals surface area contributed by atoms with Crippen molar-refractivity contribution in [3.63, 3.8) is 0 Å². The molecular weight excluding hydrogens is 663 g/mol. The molecule has 1 aliphatic heterocycles. The zero-order valence-electron chi connectivity index (χ0n) is 27.1. The molecule has 4 atom stereocenters. The number of alkyl halides is 3. The molecule has 1 fully saturated rings. The van der Waals surface area contributed by atoms with E-state index in [9.17, 15) is 37.8 Å². The largest absolute Gasteiger partial charge is 0.497 e. The van der Waals surface area contributed by atoms with Crippen LogP contribution >= 0.6 is 0 Å². The van der Waals surface area contributed by atoms with Gasteiger partial charge in [-0.15, -0.1) is 0 Å². The maximum absolute atomic E-state index is 12.9. The number of aromatic amines is 1. The molecule has 0 aliphatic carbocycles. The van der Waals surface area contributed by atoms with E-state index >= 15 is 0 Å². The van der Waals surface area contributed by atoms with Gasteiger partial charge in [0.2, 0.25) is 0 Å². The zero-order chi connectivity index (χ0) is 36.1. The van der Waals surface area contributed by atoms with Crippen LogP contribution in [0.25, 0.3) is 0 Å². The minimum absolute atomic E-state index is 0.161. The van der Waals surface area contributed by atoms with Gasteiger partial charge in [0.1, 0.15) is 34.9 Å². The summed E-state index contributed by atoms with van der Waals surface area (Å²) in [7, 11) is 3.04. The number of aromatic nitrogens is 2. The van der Waals surface area contributed by atoms with E-state index in [-0.39, 0.29) is 12.8 Å². The maximum atomic E-state index is 12.9. The Bertz CT molecular complexity index is 1820. The fourth-order valence-electron chi connectivity index (χ4n) is 6.09. The normalized spacial score (nSPS) is 20.7. The fraction of sp³-hybridized carbons (Fsp3) is 0.343. The average molecular weight is 700 g/mol. The lowest BCUT2D eigenvalue weighted by atomic mass is 9.79. The van der Waals surface area contributed by atoms with Gasteiger partial charge in [-0.05, 0) is 53.8 Å². The summed E-state index contributed by atoms with van der Waals surface area (Å²) in [6, 6.07) is 24.2. The van der Waals surface area contributed by atoms with Crippen LogP contribution in [0.15, 0.2) is 101 Å². The minimum Gasteiger partial charge on any atom is -0.497 e. The lowest BCUT2D eigenvalue weighted by molar-refractivity contribution is -0.174. The van der Waals surface area contributed by atoms with Gasteiger partial charge in [0.05, 0.1) is 20.8 Å². The van der Waals surface area contributed by atoms with Crippen LogP contribution in [0.2, 0.25) is 0 Å². The number of methoxy groups -OCH3 is 2. The second kappa shape index (κ2) is 14.9. The van der Waals surface area contributed by atoms with Crippen LogP contribution in [0, 0.1) is 0 Å². The van der Waals surface area contributed by atoms with Gasteiger partial charge in [-0.1, -0.05) is 54.6 Å². The van der Waals surface area contributed by atoms with E-state index in [0.29, 0.717) is 28.2 Å². The number of carbonyl (C=O) groups excluding carboxylic acids is 1. The van der Waals surface area contributed by atoms with E-state index in [2.05, 4.69) is 4.98 Å². The van der Waals surface area contributed by atoms with Crippen molar-refractivity contribution < 1.29 is 47.1 Å². The molecule has 0 bridgehead atoms. The number of hydrogen-bond donors (Lipinski definition) is 4. The number of nitrogens with zero attached hydrogens (tertiary/aromatic N) is 1. The highest BCUT2D eigenvalue weighted by Gasteiger charge is 2.56. The molecule has 0 unspecified atom stereocenters. The number of benzene rings is 3. The Morgan fingerprint density at radius 1 is 0.900 bits per heavy atom. The van der Waals surface area contributed by atoms with Crippen LogP contribution in [0.4, 0.5) is 13.2 Å². The van der Waals surface area contributed by atoms with E-state index in [1.807, 2.05) is 30.3 Å². The van der Waals surface area contributed by atoms with Crippen LogP contribution in [0.1, 0.15) is 35.8 Å². The van der Waals surface area contributed by atoms with Gasteiger partial charge in [0.25, 0.3) is 5.56 Å². The van der Waals surface area contributed by atoms with Crippen molar-refractivity contribution in [3.8, 4) is 11.5 Å². The van der Waals surface area contributed by atoms with Crippen molar-refractivity contribution in [2.75, 3.05) is 27.4 Å². The molecule has 0 radical (unpaired) electrons.